The summed E-state index contributed by atoms with van der Waals surface area (Å²) in [6.45, 7) is 9.72. The van der Waals surface area contributed by atoms with Crippen molar-refractivity contribution in [2.75, 3.05) is 37.6 Å². The van der Waals surface area contributed by atoms with Crippen LogP contribution in [-0.4, -0.2) is 66.7 Å². The van der Waals surface area contributed by atoms with Gasteiger partial charge in [0.15, 0.2) is 0 Å². The highest BCUT2D eigenvalue weighted by atomic mass is 16.2. The fraction of sp³-hybridized carbons (Fsp3) is 0.591. The fourth-order valence-electron chi connectivity index (χ4n) is 4.24. The number of carbonyl (C=O) groups excluding carboxylic acids is 3. The Morgan fingerprint density at radius 1 is 1.11 bits per heavy atom. The third kappa shape index (κ3) is 4.37. The van der Waals surface area contributed by atoms with E-state index in [0.717, 1.165) is 44.4 Å². The minimum atomic E-state index is -0.367. The van der Waals surface area contributed by atoms with E-state index in [9.17, 15) is 14.4 Å². The van der Waals surface area contributed by atoms with Crippen molar-refractivity contribution < 1.29 is 14.4 Å². The van der Waals surface area contributed by atoms with Gasteiger partial charge in [-0.15, -0.1) is 0 Å². The Hall–Kier alpha value is -2.37. The molecule has 0 saturated carbocycles. The van der Waals surface area contributed by atoms with Crippen LogP contribution in [0.2, 0.25) is 0 Å². The summed E-state index contributed by atoms with van der Waals surface area (Å²) in [5.41, 5.74) is 1.76. The molecule has 2 saturated heterocycles. The Labute approximate surface area is 167 Å². The van der Waals surface area contributed by atoms with Gasteiger partial charge in [-0.05, 0) is 49.9 Å². The summed E-state index contributed by atoms with van der Waals surface area (Å²) in [7, 11) is 0. The topological polar surface area (TPSA) is 60.9 Å². The van der Waals surface area contributed by atoms with Gasteiger partial charge in [0.1, 0.15) is 12.3 Å². The maximum Gasteiger partial charge on any atom is 0.245 e. The van der Waals surface area contributed by atoms with Crippen LogP contribution in [0.3, 0.4) is 0 Å². The molecule has 3 rings (SSSR count). The van der Waals surface area contributed by atoms with Gasteiger partial charge in [0.25, 0.3) is 0 Å². The normalized spacial score (nSPS) is 21.4. The van der Waals surface area contributed by atoms with Crippen molar-refractivity contribution in [3.63, 3.8) is 0 Å². The standard InChI is InChI=1S/C22H31N3O3/c1-16(2)14-24-12-13-25(17(3)21(24)27)22(28)19-8-10-23(11-9-19)20-6-4-18(15-26)5-7-20/h4-7,15-17,19H,8-14H2,1-3H3/t17-/m0/s1. The molecule has 0 bridgehead atoms. The van der Waals surface area contributed by atoms with Crippen molar-refractivity contribution in [2.45, 2.75) is 39.7 Å². The van der Waals surface area contributed by atoms with Crippen molar-refractivity contribution >= 4 is 23.8 Å². The van der Waals surface area contributed by atoms with E-state index in [1.165, 1.54) is 0 Å². The van der Waals surface area contributed by atoms with Gasteiger partial charge in [0, 0.05) is 49.9 Å². The highest BCUT2D eigenvalue weighted by Gasteiger charge is 2.37. The number of aldehydes is 1. The maximum absolute atomic E-state index is 13.1. The Bertz CT molecular complexity index is 708. The molecule has 1 aromatic rings. The summed E-state index contributed by atoms with van der Waals surface area (Å²) >= 11 is 0. The predicted octanol–water partition coefficient (Wildman–Crippen LogP) is 2.43. The van der Waals surface area contributed by atoms with Crippen LogP contribution in [0.25, 0.3) is 0 Å². The van der Waals surface area contributed by atoms with Crippen molar-refractivity contribution in [3.8, 4) is 0 Å². The third-order valence-corrected chi connectivity index (χ3v) is 5.85. The minimum Gasteiger partial charge on any atom is -0.371 e. The molecule has 6 nitrogen and oxygen atoms in total. The second kappa shape index (κ2) is 8.76. The van der Waals surface area contributed by atoms with Crippen LogP contribution in [0.5, 0.6) is 0 Å². The zero-order chi connectivity index (χ0) is 20.3. The third-order valence-electron chi connectivity index (χ3n) is 5.85. The molecule has 0 radical (unpaired) electrons. The molecule has 0 aliphatic carbocycles. The molecule has 2 aliphatic rings. The first kappa shape index (κ1) is 20.4. The van der Waals surface area contributed by atoms with Crippen LogP contribution in [0.1, 0.15) is 44.0 Å². The number of nitrogens with zero attached hydrogens (tertiary/aromatic N) is 3. The van der Waals surface area contributed by atoms with E-state index in [-0.39, 0.29) is 23.8 Å². The molecule has 1 atom stereocenters. The number of amides is 2. The second-order valence-corrected chi connectivity index (χ2v) is 8.36. The van der Waals surface area contributed by atoms with Crippen molar-refractivity contribution in [3.05, 3.63) is 29.8 Å². The van der Waals surface area contributed by atoms with Crippen LogP contribution >= 0.6 is 0 Å². The molecule has 2 aliphatic heterocycles. The minimum absolute atomic E-state index is 0.0163. The molecule has 28 heavy (non-hydrogen) atoms. The van der Waals surface area contributed by atoms with Gasteiger partial charge >= 0.3 is 0 Å². The Morgan fingerprint density at radius 2 is 1.75 bits per heavy atom. The van der Waals surface area contributed by atoms with Crippen LogP contribution in [-0.2, 0) is 9.59 Å². The molecule has 1 aromatic carbocycles. The lowest BCUT2D eigenvalue weighted by molar-refractivity contribution is -0.153. The number of anilines is 1. The van der Waals surface area contributed by atoms with Gasteiger partial charge in [-0.1, -0.05) is 13.8 Å². The average Bonchev–Trinajstić information content (AvgIpc) is 2.71. The molecular weight excluding hydrogens is 354 g/mol. The predicted molar refractivity (Wildman–Crippen MR) is 109 cm³/mol. The van der Waals surface area contributed by atoms with Gasteiger partial charge in [-0.2, -0.15) is 0 Å². The van der Waals surface area contributed by atoms with Crippen LogP contribution in [0.15, 0.2) is 24.3 Å². The van der Waals surface area contributed by atoms with Gasteiger partial charge in [-0.3, -0.25) is 14.4 Å². The lowest BCUT2D eigenvalue weighted by Crippen LogP contribution is -2.59. The molecule has 6 heteroatoms. The molecule has 2 fully saturated rings. The van der Waals surface area contributed by atoms with E-state index < -0.39 is 0 Å². The summed E-state index contributed by atoms with van der Waals surface area (Å²) in [6, 6.07) is 7.20. The molecule has 0 aromatic heterocycles. The van der Waals surface area contributed by atoms with E-state index in [1.54, 1.807) is 4.90 Å². The Kier molecular flexibility index (Phi) is 6.37. The summed E-state index contributed by atoms with van der Waals surface area (Å²) in [5, 5.41) is 0. The summed E-state index contributed by atoms with van der Waals surface area (Å²) in [5.74, 6) is 0.614. The van der Waals surface area contributed by atoms with Crippen LogP contribution in [0, 0.1) is 11.8 Å². The van der Waals surface area contributed by atoms with E-state index in [0.29, 0.717) is 24.6 Å². The number of piperidine rings is 1. The number of hydrogen-bond donors (Lipinski definition) is 0. The largest absolute Gasteiger partial charge is 0.371 e. The SMILES string of the molecule is CC(C)CN1CCN(C(=O)C2CCN(c3ccc(C=O)cc3)CC2)[C@@H](C)C1=O. The first-order valence-corrected chi connectivity index (χ1v) is 10.3. The monoisotopic (exact) mass is 385 g/mol. The van der Waals surface area contributed by atoms with E-state index in [2.05, 4.69) is 18.7 Å². The fourth-order valence-corrected chi connectivity index (χ4v) is 4.24. The molecular formula is C22H31N3O3. The molecule has 0 spiro atoms. The smallest absolute Gasteiger partial charge is 0.245 e. The van der Waals surface area contributed by atoms with E-state index >= 15 is 0 Å². The van der Waals surface area contributed by atoms with Crippen molar-refractivity contribution in [1.82, 2.24) is 9.80 Å². The summed E-state index contributed by atoms with van der Waals surface area (Å²) < 4.78 is 0. The number of rotatable bonds is 5. The average molecular weight is 386 g/mol. The summed E-state index contributed by atoms with van der Waals surface area (Å²) in [4.78, 5) is 42.5. The molecule has 0 unspecified atom stereocenters. The van der Waals surface area contributed by atoms with Gasteiger partial charge < -0.3 is 14.7 Å². The quantitative estimate of drug-likeness (QED) is 0.731. The Morgan fingerprint density at radius 3 is 2.32 bits per heavy atom. The van der Waals surface area contributed by atoms with Gasteiger partial charge in [0.2, 0.25) is 11.8 Å². The van der Waals surface area contributed by atoms with Gasteiger partial charge in [0.05, 0.1) is 0 Å². The van der Waals surface area contributed by atoms with Crippen LogP contribution < -0.4 is 4.90 Å². The molecule has 2 amide bonds. The molecule has 152 valence electrons. The van der Waals surface area contributed by atoms with Crippen molar-refractivity contribution in [2.24, 2.45) is 11.8 Å². The first-order chi connectivity index (χ1) is 13.4. The van der Waals surface area contributed by atoms with Crippen LogP contribution in [0.4, 0.5) is 5.69 Å². The number of benzene rings is 1. The van der Waals surface area contributed by atoms with Crippen molar-refractivity contribution in [1.29, 1.82) is 0 Å². The summed E-state index contributed by atoms with van der Waals surface area (Å²) in [6.07, 6.45) is 2.43. The molecule has 2 heterocycles. The molecule has 0 N–H and O–H groups in total. The lowest BCUT2D eigenvalue weighted by atomic mass is 9.93. The maximum atomic E-state index is 13.1. The van der Waals surface area contributed by atoms with Gasteiger partial charge in [-0.25, -0.2) is 0 Å². The van der Waals surface area contributed by atoms with E-state index in [1.807, 2.05) is 36.1 Å². The Balaban J connectivity index is 1.56. The lowest BCUT2D eigenvalue weighted by Gasteiger charge is -2.42. The second-order valence-electron chi connectivity index (χ2n) is 8.36. The first-order valence-electron chi connectivity index (χ1n) is 10.3. The highest BCUT2D eigenvalue weighted by molar-refractivity contribution is 5.89. The number of carbonyl (C=O) groups is 3. The highest BCUT2D eigenvalue weighted by Crippen LogP contribution is 2.26. The zero-order valence-corrected chi connectivity index (χ0v) is 17.1. The van der Waals surface area contributed by atoms with E-state index in [4.69, 9.17) is 0 Å². The zero-order valence-electron chi connectivity index (χ0n) is 17.1. The number of piperazine rings is 1. The number of hydrogen-bond acceptors (Lipinski definition) is 4.